The Morgan fingerprint density at radius 3 is 2.44 bits per heavy atom. The van der Waals surface area contributed by atoms with Crippen LogP contribution in [0.25, 0.3) is 10.9 Å². The lowest BCUT2D eigenvalue weighted by Gasteiger charge is -2.27. The van der Waals surface area contributed by atoms with E-state index in [-0.39, 0.29) is 23.7 Å². The Labute approximate surface area is 148 Å². The quantitative estimate of drug-likeness (QED) is 0.876. The summed E-state index contributed by atoms with van der Waals surface area (Å²) in [6.07, 6.45) is 5.76. The Bertz CT molecular complexity index is 746. The van der Waals surface area contributed by atoms with Crippen LogP contribution in [0.3, 0.4) is 0 Å². The molecular weight excluding hydrogens is 314 g/mol. The number of nitrogens with one attached hydrogen (secondary N) is 2. The maximum absolute atomic E-state index is 12.6. The molecule has 5 heteroatoms. The molecule has 0 bridgehead atoms. The highest BCUT2D eigenvalue weighted by Crippen LogP contribution is 2.30. The second-order valence-electron chi connectivity index (χ2n) is 6.71. The van der Waals surface area contributed by atoms with E-state index in [9.17, 15) is 9.59 Å². The third-order valence-corrected chi connectivity index (χ3v) is 4.91. The van der Waals surface area contributed by atoms with Crippen LogP contribution in [0.2, 0.25) is 0 Å². The number of hydrogen-bond acceptors (Lipinski definition) is 3. The van der Waals surface area contributed by atoms with E-state index in [1.807, 2.05) is 37.3 Å². The number of carbonyl (C=O) groups is 2. The molecule has 5 nitrogen and oxygen atoms in total. The van der Waals surface area contributed by atoms with Gasteiger partial charge in [0.25, 0.3) is 0 Å². The summed E-state index contributed by atoms with van der Waals surface area (Å²) in [7, 11) is 0. The normalized spacial score (nSPS) is 20.2. The van der Waals surface area contributed by atoms with E-state index in [1.165, 1.54) is 0 Å². The first-order valence-electron chi connectivity index (χ1n) is 9.11. The van der Waals surface area contributed by atoms with E-state index in [2.05, 4.69) is 15.6 Å². The van der Waals surface area contributed by atoms with Gasteiger partial charge in [-0.1, -0.05) is 25.1 Å². The van der Waals surface area contributed by atoms with Gasteiger partial charge in [-0.25, -0.2) is 0 Å². The number of nitrogens with zero attached hydrogens (tertiary/aromatic N) is 1. The van der Waals surface area contributed by atoms with Gasteiger partial charge in [-0.15, -0.1) is 0 Å². The molecule has 2 amide bonds. The lowest BCUT2D eigenvalue weighted by Crippen LogP contribution is -2.35. The van der Waals surface area contributed by atoms with Gasteiger partial charge < -0.3 is 10.6 Å². The van der Waals surface area contributed by atoms with Gasteiger partial charge in [-0.2, -0.15) is 0 Å². The molecule has 25 heavy (non-hydrogen) atoms. The summed E-state index contributed by atoms with van der Waals surface area (Å²) < 4.78 is 0. The van der Waals surface area contributed by atoms with E-state index in [0.29, 0.717) is 0 Å². The highest BCUT2D eigenvalue weighted by molar-refractivity contribution is 6.01. The number of aromatic nitrogens is 1. The average Bonchev–Trinajstić information content (AvgIpc) is 2.66. The largest absolute Gasteiger partial charge is 0.356 e. The van der Waals surface area contributed by atoms with Crippen LogP contribution in [0.15, 0.2) is 36.5 Å². The van der Waals surface area contributed by atoms with Crippen molar-refractivity contribution in [2.45, 2.75) is 39.0 Å². The smallest absolute Gasteiger partial charge is 0.227 e. The van der Waals surface area contributed by atoms with Gasteiger partial charge in [-0.05, 0) is 44.2 Å². The summed E-state index contributed by atoms with van der Waals surface area (Å²) in [4.78, 5) is 29.0. The number of carbonyl (C=O) groups excluding carboxylic acids is 2. The predicted octanol–water partition coefficient (Wildman–Crippen LogP) is 3.51. The molecule has 1 aromatic heterocycles. The molecule has 1 saturated carbocycles. The molecule has 0 unspecified atom stereocenters. The Balaban J connectivity index is 1.59. The number of anilines is 1. The fourth-order valence-electron chi connectivity index (χ4n) is 3.45. The van der Waals surface area contributed by atoms with Gasteiger partial charge in [0.05, 0.1) is 11.2 Å². The monoisotopic (exact) mass is 339 g/mol. The maximum Gasteiger partial charge on any atom is 0.227 e. The van der Waals surface area contributed by atoms with Crippen molar-refractivity contribution in [1.29, 1.82) is 0 Å². The maximum atomic E-state index is 12.6. The highest BCUT2D eigenvalue weighted by atomic mass is 16.2. The van der Waals surface area contributed by atoms with Gasteiger partial charge in [0.1, 0.15) is 0 Å². The topological polar surface area (TPSA) is 71.1 Å². The van der Waals surface area contributed by atoms with Crippen molar-refractivity contribution < 1.29 is 9.59 Å². The summed E-state index contributed by atoms with van der Waals surface area (Å²) in [6.45, 7) is 2.77. The van der Waals surface area contributed by atoms with Crippen LogP contribution in [-0.2, 0) is 9.59 Å². The summed E-state index contributed by atoms with van der Waals surface area (Å²) >= 11 is 0. The van der Waals surface area contributed by atoms with Crippen molar-refractivity contribution in [3.63, 3.8) is 0 Å². The van der Waals surface area contributed by atoms with Crippen molar-refractivity contribution in [1.82, 2.24) is 10.3 Å². The zero-order chi connectivity index (χ0) is 17.6. The molecule has 0 aliphatic heterocycles. The fraction of sp³-hybridized carbons (Fsp3) is 0.450. The van der Waals surface area contributed by atoms with Gasteiger partial charge in [0, 0.05) is 30.0 Å². The molecule has 0 spiro atoms. The van der Waals surface area contributed by atoms with E-state index < -0.39 is 0 Å². The van der Waals surface area contributed by atoms with Crippen LogP contribution in [0, 0.1) is 11.8 Å². The first kappa shape index (κ1) is 17.4. The lowest BCUT2D eigenvalue weighted by atomic mass is 9.81. The van der Waals surface area contributed by atoms with Gasteiger partial charge >= 0.3 is 0 Å². The molecule has 1 fully saturated rings. The van der Waals surface area contributed by atoms with Crippen molar-refractivity contribution in [2.24, 2.45) is 11.8 Å². The second kappa shape index (κ2) is 8.10. The molecular formula is C20H25N3O2. The first-order chi connectivity index (χ1) is 12.2. The van der Waals surface area contributed by atoms with Gasteiger partial charge in [0.2, 0.25) is 11.8 Å². The van der Waals surface area contributed by atoms with E-state index >= 15 is 0 Å². The minimum absolute atomic E-state index is 0.0329. The van der Waals surface area contributed by atoms with Gasteiger partial charge in [0.15, 0.2) is 0 Å². The first-order valence-corrected chi connectivity index (χ1v) is 9.11. The molecule has 0 atom stereocenters. The van der Waals surface area contributed by atoms with Crippen LogP contribution in [-0.4, -0.2) is 23.3 Å². The van der Waals surface area contributed by atoms with Crippen molar-refractivity contribution in [3.05, 3.63) is 36.5 Å². The molecule has 1 aliphatic carbocycles. The minimum atomic E-state index is -0.0332. The molecule has 0 radical (unpaired) electrons. The number of rotatable bonds is 5. The summed E-state index contributed by atoms with van der Waals surface area (Å²) in [5.41, 5.74) is 1.57. The molecule has 2 N–H and O–H groups in total. The number of benzene rings is 1. The minimum Gasteiger partial charge on any atom is -0.356 e. The number of amides is 2. The lowest BCUT2D eigenvalue weighted by molar-refractivity contribution is -0.128. The highest BCUT2D eigenvalue weighted by Gasteiger charge is 2.29. The molecule has 3 rings (SSSR count). The summed E-state index contributed by atoms with van der Waals surface area (Å²) in [5.74, 6) is 0.188. The van der Waals surface area contributed by atoms with Crippen molar-refractivity contribution >= 4 is 28.4 Å². The number of hydrogen-bond donors (Lipinski definition) is 2. The van der Waals surface area contributed by atoms with Crippen LogP contribution >= 0.6 is 0 Å². The van der Waals surface area contributed by atoms with Crippen LogP contribution in [0.5, 0.6) is 0 Å². The van der Waals surface area contributed by atoms with Crippen LogP contribution < -0.4 is 10.6 Å². The fourth-order valence-corrected chi connectivity index (χ4v) is 3.45. The van der Waals surface area contributed by atoms with Crippen molar-refractivity contribution in [2.75, 3.05) is 11.9 Å². The van der Waals surface area contributed by atoms with E-state index in [0.717, 1.165) is 55.2 Å². The zero-order valence-corrected chi connectivity index (χ0v) is 14.6. The third-order valence-electron chi connectivity index (χ3n) is 4.91. The summed E-state index contributed by atoms with van der Waals surface area (Å²) in [6, 6.07) is 9.67. The third kappa shape index (κ3) is 4.16. The number of pyridine rings is 1. The number of para-hydroxylation sites is 1. The summed E-state index contributed by atoms with van der Waals surface area (Å²) in [5, 5.41) is 7.00. The average molecular weight is 339 g/mol. The molecule has 1 heterocycles. The van der Waals surface area contributed by atoms with Crippen molar-refractivity contribution in [3.8, 4) is 0 Å². The van der Waals surface area contributed by atoms with Crippen LogP contribution in [0.1, 0.15) is 39.0 Å². The second-order valence-corrected chi connectivity index (χ2v) is 6.71. The molecule has 1 aliphatic rings. The Kier molecular flexibility index (Phi) is 5.64. The molecule has 132 valence electrons. The Morgan fingerprint density at radius 1 is 1.04 bits per heavy atom. The Morgan fingerprint density at radius 2 is 1.72 bits per heavy atom. The predicted molar refractivity (Wildman–Crippen MR) is 99.1 cm³/mol. The molecule has 0 saturated heterocycles. The Hall–Kier alpha value is -2.43. The number of fused-ring (bicyclic) bond motifs is 1. The molecule has 2 aromatic rings. The SMILES string of the molecule is CCCNC(=O)C1CCC(C(=O)Nc2cccc3cccnc23)CC1. The van der Waals surface area contributed by atoms with E-state index in [1.54, 1.807) is 6.20 Å². The van der Waals surface area contributed by atoms with E-state index in [4.69, 9.17) is 0 Å². The molecule has 1 aromatic carbocycles. The van der Waals surface area contributed by atoms with Crippen LogP contribution in [0.4, 0.5) is 5.69 Å². The zero-order valence-electron chi connectivity index (χ0n) is 14.6. The standard InChI is InChI=1S/C20H25N3O2/c1-2-12-22-19(24)15-8-10-16(11-9-15)20(25)23-17-7-3-5-14-6-4-13-21-18(14)17/h3-7,13,15-16H,2,8-12H2,1H3,(H,22,24)(H,23,25). The van der Waals surface area contributed by atoms with Gasteiger partial charge in [-0.3, -0.25) is 14.6 Å².